The quantitative estimate of drug-likeness (QED) is 0.185. The van der Waals surface area contributed by atoms with Crippen molar-refractivity contribution in [3.63, 3.8) is 0 Å². The molecule has 13 heteroatoms. The molecule has 10 nitrogen and oxygen atoms in total. The van der Waals surface area contributed by atoms with Gasteiger partial charge in [0.1, 0.15) is 17.5 Å². The average Bonchev–Trinajstić information content (AvgIpc) is 2.93. The van der Waals surface area contributed by atoms with Crippen molar-refractivity contribution in [3.8, 4) is 23.0 Å². The van der Waals surface area contributed by atoms with Crippen LogP contribution in [0.4, 0.5) is 29.3 Å². The molecule has 1 heterocycles. The summed E-state index contributed by atoms with van der Waals surface area (Å²) in [6, 6.07) is 13.9. The van der Waals surface area contributed by atoms with Crippen LogP contribution in [0, 0.1) is 0 Å². The molecule has 0 saturated carbocycles. The summed E-state index contributed by atoms with van der Waals surface area (Å²) < 4.78 is 55.3. The van der Waals surface area contributed by atoms with Gasteiger partial charge < -0.3 is 35.7 Å². The van der Waals surface area contributed by atoms with Crippen molar-refractivity contribution in [2.75, 3.05) is 24.4 Å². The van der Waals surface area contributed by atoms with Crippen LogP contribution in [-0.2, 0) is 11.0 Å². The maximum atomic E-state index is 12.7. The summed E-state index contributed by atoms with van der Waals surface area (Å²) in [6.07, 6.45) is -2.80. The SMILES string of the molecule is COc1cc2c(Oc3ccc(NC(=O)Nc4ccc(C(F)(F)F)cc4)cc3)ccnc2cc1OCC[C@H](N)C(=O)O. The van der Waals surface area contributed by atoms with Gasteiger partial charge in [-0.15, -0.1) is 0 Å². The fourth-order valence-corrected chi connectivity index (χ4v) is 3.68. The first-order chi connectivity index (χ1) is 19.5. The topological polar surface area (TPSA) is 145 Å². The van der Waals surface area contributed by atoms with Gasteiger partial charge in [-0.3, -0.25) is 9.78 Å². The van der Waals surface area contributed by atoms with E-state index in [9.17, 15) is 22.8 Å². The molecule has 0 fully saturated rings. The van der Waals surface area contributed by atoms with Gasteiger partial charge in [0.25, 0.3) is 0 Å². The van der Waals surface area contributed by atoms with Gasteiger partial charge in [0, 0.05) is 35.4 Å². The lowest BCUT2D eigenvalue weighted by Crippen LogP contribution is -2.31. The molecule has 1 aromatic heterocycles. The van der Waals surface area contributed by atoms with Gasteiger partial charge >= 0.3 is 18.2 Å². The van der Waals surface area contributed by atoms with E-state index < -0.39 is 29.8 Å². The third-order valence-electron chi connectivity index (χ3n) is 5.80. The zero-order chi connectivity index (χ0) is 29.6. The molecule has 3 aromatic carbocycles. The number of nitrogens with two attached hydrogens (primary N) is 1. The Kier molecular flexibility index (Phi) is 8.78. The first kappa shape index (κ1) is 29.0. The number of urea groups is 1. The number of carbonyl (C=O) groups is 2. The molecule has 214 valence electrons. The molecule has 0 aliphatic rings. The predicted molar refractivity (Wildman–Crippen MR) is 145 cm³/mol. The number of rotatable bonds is 10. The van der Waals surface area contributed by atoms with Crippen molar-refractivity contribution in [1.29, 1.82) is 0 Å². The van der Waals surface area contributed by atoms with Crippen molar-refractivity contribution in [2.45, 2.75) is 18.6 Å². The van der Waals surface area contributed by atoms with Crippen molar-refractivity contribution in [1.82, 2.24) is 4.98 Å². The van der Waals surface area contributed by atoms with Crippen LogP contribution >= 0.6 is 0 Å². The molecular weight excluding hydrogens is 545 g/mol. The number of halogens is 3. The van der Waals surface area contributed by atoms with Crippen molar-refractivity contribution >= 4 is 34.3 Å². The monoisotopic (exact) mass is 570 g/mol. The van der Waals surface area contributed by atoms with Crippen molar-refractivity contribution in [2.24, 2.45) is 5.73 Å². The zero-order valence-electron chi connectivity index (χ0n) is 21.6. The minimum atomic E-state index is -4.46. The molecule has 0 saturated heterocycles. The molecule has 41 heavy (non-hydrogen) atoms. The zero-order valence-corrected chi connectivity index (χ0v) is 21.6. The summed E-state index contributed by atoms with van der Waals surface area (Å²) in [5.41, 5.74) is 5.87. The summed E-state index contributed by atoms with van der Waals surface area (Å²) in [7, 11) is 1.47. The molecule has 4 rings (SSSR count). The number of anilines is 2. The molecule has 0 aliphatic heterocycles. The Hall–Kier alpha value is -5.04. The molecule has 0 unspecified atom stereocenters. The lowest BCUT2D eigenvalue weighted by atomic mass is 10.1. The number of amides is 2. The van der Waals surface area contributed by atoms with Crippen LogP contribution in [-0.4, -0.2) is 41.8 Å². The first-order valence-electron chi connectivity index (χ1n) is 12.1. The molecule has 1 atom stereocenters. The number of fused-ring (bicyclic) bond motifs is 1. The minimum Gasteiger partial charge on any atom is -0.493 e. The molecule has 4 aromatic rings. The number of hydrogen-bond donors (Lipinski definition) is 4. The smallest absolute Gasteiger partial charge is 0.416 e. The van der Waals surface area contributed by atoms with Crippen LogP contribution in [0.15, 0.2) is 72.9 Å². The van der Waals surface area contributed by atoms with Crippen LogP contribution in [0.3, 0.4) is 0 Å². The van der Waals surface area contributed by atoms with Gasteiger partial charge in [0.05, 0.1) is 24.8 Å². The number of ether oxygens (including phenoxy) is 3. The molecular formula is C28H25F3N4O6. The number of benzene rings is 3. The second-order valence-corrected chi connectivity index (χ2v) is 8.69. The van der Waals surface area contributed by atoms with Crippen LogP contribution in [0.2, 0.25) is 0 Å². The number of carboxylic acids is 1. The van der Waals surface area contributed by atoms with E-state index >= 15 is 0 Å². The number of carbonyl (C=O) groups excluding carboxylic acids is 1. The highest BCUT2D eigenvalue weighted by Crippen LogP contribution is 2.37. The first-order valence-corrected chi connectivity index (χ1v) is 12.1. The Morgan fingerprint density at radius 1 is 0.951 bits per heavy atom. The van der Waals surface area contributed by atoms with Crippen LogP contribution in [0.25, 0.3) is 10.9 Å². The standard InChI is InChI=1S/C28H25F3N4O6/c1-39-24-14-20-22(15-25(24)40-13-11-21(32)26(36)37)33-12-10-23(20)41-19-8-6-18(7-9-19)35-27(38)34-17-4-2-16(3-5-17)28(29,30)31/h2-10,12,14-15,21H,11,13,32H2,1H3,(H,36,37)(H2,34,35,38)/t21-/m0/s1. The lowest BCUT2D eigenvalue weighted by Gasteiger charge is -2.15. The Labute approximate surface area is 231 Å². The summed E-state index contributed by atoms with van der Waals surface area (Å²) in [5.74, 6) is 0.555. The van der Waals surface area contributed by atoms with E-state index in [1.165, 1.54) is 7.11 Å². The number of alkyl halides is 3. The van der Waals surface area contributed by atoms with E-state index in [4.69, 9.17) is 25.1 Å². The number of carboxylic acid groups (broad SMARTS) is 1. The third-order valence-corrected chi connectivity index (χ3v) is 5.80. The highest BCUT2D eigenvalue weighted by molar-refractivity contribution is 5.99. The number of pyridine rings is 1. The van der Waals surface area contributed by atoms with Crippen LogP contribution in [0.1, 0.15) is 12.0 Å². The summed E-state index contributed by atoms with van der Waals surface area (Å²) >= 11 is 0. The number of aromatic nitrogens is 1. The highest BCUT2D eigenvalue weighted by atomic mass is 19.4. The van der Waals surface area contributed by atoms with E-state index in [1.54, 1.807) is 48.7 Å². The maximum Gasteiger partial charge on any atom is 0.416 e. The fraction of sp³-hybridized carbons (Fsp3) is 0.179. The Bertz CT molecular complexity index is 1530. The number of nitrogens with zero attached hydrogens (tertiary/aromatic N) is 1. The summed E-state index contributed by atoms with van der Waals surface area (Å²) in [5, 5.41) is 14.6. The number of methoxy groups -OCH3 is 1. The number of hydrogen-bond acceptors (Lipinski definition) is 7. The van der Waals surface area contributed by atoms with Crippen molar-refractivity contribution in [3.05, 3.63) is 78.5 Å². The van der Waals surface area contributed by atoms with Gasteiger partial charge in [0.2, 0.25) is 0 Å². The molecule has 2 amide bonds. The summed E-state index contributed by atoms with van der Waals surface area (Å²) in [6.45, 7) is 0.0638. The Morgan fingerprint density at radius 3 is 2.17 bits per heavy atom. The fourth-order valence-electron chi connectivity index (χ4n) is 3.68. The largest absolute Gasteiger partial charge is 0.493 e. The summed E-state index contributed by atoms with van der Waals surface area (Å²) in [4.78, 5) is 27.5. The van der Waals surface area contributed by atoms with E-state index in [0.29, 0.717) is 39.6 Å². The van der Waals surface area contributed by atoms with E-state index in [2.05, 4.69) is 15.6 Å². The van der Waals surface area contributed by atoms with Gasteiger partial charge in [-0.05, 0) is 60.7 Å². The van der Waals surface area contributed by atoms with Gasteiger partial charge in [-0.1, -0.05) is 0 Å². The Balaban J connectivity index is 1.41. The highest BCUT2D eigenvalue weighted by Gasteiger charge is 2.30. The number of aliphatic carboxylic acids is 1. The lowest BCUT2D eigenvalue weighted by molar-refractivity contribution is -0.139. The molecule has 0 spiro atoms. The molecule has 0 bridgehead atoms. The van der Waals surface area contributed by atoms with Gasteiger partial charge in [0.15, 0.2) is 11.5 Å². The number of nitrogens with one attached hydrogen (secondary N) is 2. The second-order valence-electron chi connectivity index (χ2n) is 8.69. The average molecular weight is 571 g/mol. The van der Waals surface area contributed by atoms with Crippen LogP contribution in [0.5, 0.6) is 23.0 Å². The maximum absolute atomic E-state index is 12.7. The van der Waals surface area contributed by atoms with Gasteiger partial charge in [-0.25, -0.2) is 4.79 Å². The van der Waals surface area contributed by atoms with Crippen LogP contribution < -0.4 is 30.6 Å². The molecule has 0 radical (unpaired) electrons. The normalized spacial score (nSPS) is 11.9. The van der Waals surface area contributed by atoms with E-state index in [-0.39, 0.29) is 18.7 Å². The molecule has 0 aliphatic carbocycles. The Morgan fingerprint density at radius 2 is 1.59 bits per heavy atom. The third kappa shape index (κ3) is 7.54. The van der Waals surface area contributed by atoms with E-state index in [1.807, 2.05) is 0 Å². The predicted octanol–water partition coefficient (Wildman–Crippen LogP) is 5.88. The molecule has 5 N–H and O–H groups in total. The van der Waals surface area contributed by atoms with E-state index in [0.717, 1.165) is 24.3 Å². The second kappa shape index (κ2) is 12.4. The van der Waals surface area contributed by atoms with Crippen molar-refractivity contribution < 1.29 is 42.1 Å². The van der Waals surface area contributed by atoms with Gasteiger partial charge in [-0.2, -0.15) is 13.2 Å². The minimum absolute atomic E-state index is 0.0638.